The predicted molar refractivity (Wildman–Crippen MR) is 51.0 cm³/mol. The predicted octanol–water partition coefficient (Wildman–Crippen LogP) is 1.02. The van der Waals surface area contributed by atoms with Gasteiger partial charge >= 0.3 is 6.09 Å². The molecule has 1 amide bonds. The number of methoxy groups -OCH3 is 1. The Hall–Kier alpha value is -0.840. The molecule has 4 nitrogen and oxygen atoms in total. The Balaban J connectivity index is 3.40. The maximum Gasteiger partial charge on any atom is 0.413 e. The summed E-state index contributed by atoms with van der Waals surface area (Å²) in [7, 11) is 1.30. The molecule has 0 saturated carbocycles. The third-order valence-electron chi connectivity index (χ3n) is 1.22. The van der Waals surface area contributed by atoms with Gasteiger partial charge in [-0.2, -0.15) is 0 Å². The fourth-order valence-corrected chi connectivity index (χ4v) is 0.752. The number of hydrogen-bond donors (Lipinski definition) is 2. The number of nitrogens with one attached hydrogen (secondary N) is 2. The van der Waals surface area contributed by atoms with E-state index in [1.807, 2.05) is 0 Å². The first-order chi connectivity index (χ1) is 5.70. The first-order valence-electron chi connectivity index (χ1n) is 3.83. The van der Waals surface area contributed by atoms with E-state index < -0.39 is 6.09 Å². The lowest BCUT2D eigenvalue weighted by Gasteiger charge is -2.06. The first kappa shape index (κ1) is 11.2. The van der Waals surface area contributed by atoms with E-state index in [4.69, 9.17) is 12.2 Å². The van der Waals surface area contributed by atoms with Gasteiger partial charge in [-0.15, -0.1) is 0 Å². The number of carbonyl (C=O) groups excluding carboxylic acids is 1. The Labute approximate surface area is 77.7 Å². The minimum Gasteiger partial charge on any atom is -0.453 e. The molecular formula is C7H14N2O2S. The molecule has 0 unspecified atom stereocenters. The SMILES string of the molecule is CCCCNC(=S)NC(=O)OC. The van der Waals surface area contributed by atoms with E-state index in [0.29, 0.717) is 5.11 Å². The van der Waals surface area contributed by atoms with Gasteiger partial charge in [-0.25, -0.2) is 4.79 Å². The standard InChI is InChI=1S/C7H14N2O2S/c1-3-4-5-8-6(12)9-7(10)11-2/h3-5H2,1-2H3,(H2,8,9,10,12). The molecule has 0 bridgehead atoms. The zero-order valence-corrected chi connectivity index (χ0v) is 8.16. The number of thiocarbonyl (C=S) groups is 1. The van der Waals surface area contributed by atoms with Crippen LogP contribution in [0.1, 0.15) is 19.8 Å². The number of alkyl carbamates (subject to hydrolysis) is 1. The molecule has 0 aromatic heterocycles. The van der Waals surface area contributed by atoms with Crippen molar-refractivity contribution in [1.29, 1.82) is 0 Å². The van der Waals surface area contributed by atoms with Gasteiger partial charge in [0.05, 0.1) is 7.11 Å². The molecule has 0 fully saturated rings. The van der Waals surface area contributed by atoms with Gasteiger partial charge < -0.3 is 10.1 Å². The van der Waals surface area contributed by atoms with Crippen LogP contribution in [0, 0.1) is 0 Å². The highest BCUT2D eigenvalue weighted by Gasteiger charge is 2.00. The Kier molecular flexibility index (Phi) is 6.37. The van der Waals surface area contributed by atoms with Crippen LogP contribution >= 0.6 is 12.2 Å². The summed E-state index contributed by atoms with van der Waals surface area (Å²) in [4.78, 5) is 10.6. The topological polar surface area (TPSA) is 50.4 Å². The van der Waals surface area contributed by atoms with E-state index in [2.05, 4.69) is 22.3 Å². The fraction of sp³-hybridized carbons (Fsp3) is 0.714. The van der Waals surface area contributed by atoms with Crippen LogP contribution in [0.2, 0.25) is 0 Å². The minimum absolute atomic E-state index is 0.315. The molecule has 0 saturated heterocycles. The van der Waals surface area contributed by atoms with Crippen LogP contribution in [0.25, 0.3) is 0 Å². The largest absolute Gasteiger partial charge is 0.453 e. The normalized spacial score (nSPS) is 8.83. The van der Waals surface area contributed by atoms with Gasteiger partial charge in [0.2, 0.25) is 0 Å². The van der Waals surface area contributed by atoms with E-state index in [0.717, 1.165) is 19.4 Å². The van der Waals surface area contributed by atoms with E-state index in [9.17, 15) is 4.79 Å². The van der Waals surface area contributed by atoms with Gasteiger partial charge in [-0.1, -0.05) is 13.3 Å². The molecule has 0 aromatic carbocycles. The third kappa shape index (κ3) is 5.91. The van der Waals surface area contributed by atoms with Crippen molar-refractivity contribution in [3.05, 3.63) is 0 Å². The van der Waals surface area contributed by atoms with Crippen LogP contribution < -0.4 is 10.6 Å². The maximum absolute atomic E-state index is 10.6. The highest BCUT2D eigenvalue weighted by atomic mass is 32.1. The zero-order valence-electron chi connectivity index (χ0n) is 7.35. The Morgan fingerprint density at radius 3 is 2.75 bits per heavy atom. The molecule has 0 aliphatic heterocycles. The summed E-state index contributed by atoms with van der Waals surface area (Å²) >= 11 is 4.79. The summed E-state index contributed by atoms with van der Waals surface area (Å²) in [6, 6.07) is 0. The van der Waals surface area contributed by atoms with Crippen molar-refractivity contribution in [3.8, 4) is 0 Å². The van der Waals surface area contributed by atoms with Gasteiger partial charge in [0.1, 0.15) is 0 Å². The number of carbonyl (C=O) groups is 1. The smallest absolute Gasteiger partial charge is 0.413 e. The number of hydrogen-bond acceptors (Lipinski definition) is 3. The second-order valence-corrected chi connectivity index (χ2v) is 2.63. The summed E-state index contributed by atoms with van der Waals surface area (Å²) in [5.41, 5.74) is 0. The Morgan fingerprint density at radius 2 is 2.25 bits per heavy atom. The summed E-state index contributed by atoms with van der Waals surface area (Å²) in [5.74, 6) is 0. The molecule has 0 spiro atoms. The van der Waals surface area contributed by atoms with Gasteiger partial charge in [0.15, 0.2) is 5.11 Å². The Bertz CT molecular complexity index is 161. The molecule has 0 radical (unpaired) electrons. The highest BCUT2D eigenvalue weighted by molar-refractivity contribution is 7.80. The average molecular weight is 190 g/mol. The lowest BCUT2D eigenvalue weighted by Crippen LogP contribution is -2.39. The summed E-state index contributed by atoms with van der Waals surface area (Å²) in [6.45, 7) is 2.86. The molecule has 0 rings (SSSR count). The fourth-order valence-electron chi connectivity index (χ4n) is 0.567. The van der Waals surface area contributed by atoms with E-state index in [-0.39, 0.29) is 0 Å². The van der Waals surface area contributed by atoms with Gasteiger partial charge in [0, 0.05) is 6.54 Å². The molecule has 0 atom stereocenters. The lowest BCUT2D eigenvalue weighted by atomic mass is 10.3. The second kappa shape index (κ2) is 6.84. The van der Waals surface area contributed by atoms with Crippen molar-refractivity contribution in [1.82, 2.24) is 10.6 Å². The van der Waals surface area contributed by atoms with E-state index in [1.165, 1.54) is 7.11 Å². The van der Waals surface area contributed by atoms with Crippen LogP contribution in [0.15, 0.2) is 0 Å². The van der Waals surface area contributed by atoms with Gasteiger partial charge in [-0.3, -0.25) is 5.32 Å². The van der Waals surface area contributed by atoms with Crippen LogP contribution in [-0.4, -0.2) is 24.9 Å². The molecule has 0 aliphatic rings. The van der Waals surface area contributed by atoms with Crippen LogP contribution in [-0.2, 0) is 4.74 Å². The van der Waals surface area contributed by atoms with Crippen molar-refractivity contribution in [2.45, 2.75) is 19.8 Å². The van der Waals surface area contributed by atoms with Crippen LogP contribution in [0.4, 0.5) is 4.79 Å². The quantitative estimate of drug-likeness (QED) is 0.515. The number of rotatable bonds is 3. The highest BCUT2D eigenvalue weighted by Crippen LogP contribution is 1.82. The average Bonchev–Trinajstić information content (AvgIpc) is 2.05. The monoisotopic (exact) mass is 190 g/mol. The molecule has 0 heterocycles. The van der Waals surface area contributed by atoms with Crippen molar-refractivity contribution in [2.75, 3.05) is 13.7 Å². The second-order valence-electron chi connectivity index (χ2n) is 2.23. The minimum atomic E-state index is -0.538. The molecule has 2 N–H and O–H groups in total. The first-order valence-corrected chi connectivity index (χ1v) is 4.24. The van der Waals surface area contributed by atoms with Crippen LogP contribution in [0.3, 0.4) is 0 Å². The van der Waals surface area contributed by atoms with Crippen molar-refractivity contribution >= 4 is 23.4 Å². The molecule has 0 aliphatic carbocycles. The molecule has 5 heteroatoms. The van der Waals surface area contributed by atoms with Crippen molar-refractivity contribution < 1.29 is 9.53 Å². The number of unbranched alkanes of at least 4 members (excludes halogenated alkanes) is 1. The number of amides is 1. The van der Waals surface area contributed by atoms with Crippen molar-refractivity contribution in [3.63, 3.8) is 0 Å². The third-order valence-corrected chi connectivity index (χ3v) is 1.46. The van der Waals surface area contributed by atoms with Crippen LogP contribution in [0.5, 0.6) is 0 Å². The zero-order chi connectivity index (χ0) is 9.40. The van der Waals surface area contributed by atoms with Crippen molar-refractivity contribution in [2.24, 2.45) is 0 Å². The van der Waals surface area contributed by atoms with Gasteiger partial charge in [0.25, 0.3) is 0 Å². The lowest BCUT2D eigenvalue weighted by molar-refractivity contribution is 0.176. The van der Waals surface area contributed by atoms with E-state index in [1.54, 1.807) is 0 Å². The molecule has 70 valence electrons. The summed E-state index contributed by atoms with van der Waals surface area (Å²) < 4.78 is 4.35. The summed E-state index contributed by atoms with van der Waals surface area (Å²) in [6.07, 6.45) is 1.58. The van der Waals surface area contributed by atoms with Gasteiger partial charge in [-0.05, 0) is 18.6 Å². The summed E-state index contributed by atoms with van der Waals surface area (Å²) in [5, 5.41) is 5.53. The maximum atomic E-state index is 10.6. The molecule has 12 heavy (non-hydrogen) atoms. The Morgan fingerprint density at radius 1 is 1.58 bits per heavy atom. The number of ether oxygens (including phenoxy) is 1. The molecular weight excluding hydrogens is 176 g/mol. The van der Waals surface area contributed by atoms with E-state index >= 15 is 0 Å². The molecule has 0 aromatic rings.